The molecule has 0 spiro atoms. The molecule has 0 heterocycles. The molecule has 19 heavy (non-hydrogen) atoms. The molecular weight excluding hydrogens is 246 g/mol. The first-order chi connectivity index (χ1) is 8.29. The highest BCUT2D eigenvalue weighted by Gasteiger charge is 2.51. The van der Waals surface area contributed by atoms with E-state index in [9.17, 15) is 14.7 Å². The van der Waals surface area contributed by atoms with E-state index < -0.39 is 28.6 Å². The van der Waals surface area contributed by atoms with Gasteiger partial charge in [0.1, 0.15) is 11.1 Å². The summed E-state index contributed by atoms with van der Waals surface area (Å²) in [5.74, 6) is -1.11. The second-order valence-corrected chi connectivity index (χ2v) is 6.34. The normalized spacial score (nSPS) is 15.3. The molecule has 5 heteroatoms. The van der Waals surface area contributed by atoms with Crippen LogP contribution < -0.4 is 0 Å². The standard InChI is InChI=1S/C14H25NO4/c1-9-13(5,6)14(7,10(16)17)15(8)11(18)19-12(2,3)4/h9H,1H2,2-8H3,(H,16,17). The highest BCUT2D eigenvalue weighted by atomic mass is 16.6. The van der Waals surface area contributed by atoms with Gasteiger partial charge in [-0.15, -0.1) is 6.58 Å². The summed E-state index contributed by atoms with van der Waals surface area (Å²) in [6.07, 6.45) is 0.856. The Morgan fingerprint density at radius 2 is 1.58 bits per heavy atom. The van der Waals surface area contributed by atoms with Crippen LogP contribution >= 0.6 is 0 Å². The summed E-state index contributed by atoms with van der Waals surface area (Å²) in [7, 11) is 1.42. The number of carboxylic acid groups (broad SMARTS) is 1. The average Bonchev–Trinajstić information content (AvgIpc) is 2.23. The molecule has 5 nitrogen and oxygen atoms in total. The van der Waals surface area contributed by atoms with Crippen LogP contribution in [-0.4, -0.2) is 40.3 Å². The first-order valence-corrected chi connectivity index (χ1v) is 6.13. The minimum atomic E-state index is -1.45. The van der Waals surface area contributed by atoms with Crippen molar-refractivity contribution in [1.82, 2.24) is 4.90 Å². The van der Waals surface area contributed by atoms with Crippen LogP contribution in [0.1, 0.15) is 41.5 Å². The second-order valence-electron chi connectivity index (χ2n) is 6.34. The molecule has 0 aliphatic carbocycles. The van der Waals surface area contributed by atoms with Crippen molar-refractivity contribution in [1.29, 1.82) is 0 Å². The quantitative estimate of drug-likeness (QED) is 0.798. The Kier molecular flexibility index (Phi) is 4.81. The lowest BCUT2D eigenvalue weighted by Crippen LogP contribution is -2.61. The van der Waals surface area contributed by atoms with Crippen molar-refractivity contribution in [2.75, 3.05) is 7.05 Å². The summed E-state index contributed by atoms with van der Waals surface area (Å²) in [6, 6.07) is 0. The molecule has 0 aliphatic heterocycles. The topological polar surface area (TPSA) is 66.8 Å². The molecule has 0 fully saturated rings. The molecular formula is C14H25NO4. The first kappa shape index (κ1) is 17.5. The van der Waals surface area contributed by atoms with Gasteiger partial charge in [-0.1, -0.05) is 19.9 Å². The summed E-state index contributed by atoms with van der Waals surface area (Å²) < 4.78 is 5.22. The van der Waals surface area contributed by atoms with E-state index in [2.05, 4.69) is 6.58 Å². The molecule has 1 unspecified atom stereocenters. The Balaban J connectivity index is 5.50. The fourth-order valence-corrected chi connectivity index (χ4v) is 1.56. The maximum absolute atomic E-state index is 12.1. The van der Waals surface area contributed by atoms with Gasteiger partial charge in [0.15, 0.2) is 0 Å². The van der Waals surface area contributed by atoms with E-state index in [4.69, 9.17) is 4.74 Å². The molecule has 0 bridgehead atoms. The molecule has 1 atom stereocenters. The van der Waals surface area contributed by atoms with Crippen molar-refractivity contribution >= 4 is 12.1 Å². The highest BCUT2D eigenvalue weighted by Crippen LogP contribution is 2.37. The lowest BCUT2D eigenvalue weighted by molar-refractivity contribution is -0.155. The summed E-state index contributed by atoms with van der Waals surface area (Å²) >= 11 is 0. The Labute approximate surface area is 115 Å². The molecule has 1 amide bonds. The van der Waals surface area contributed by atoms with Gasteiger partial charge in [0.25, 0.3) is 0 Å². The molecule has 0 radical (unpaired) electrons. The minimum absolute atomic E-state index is 0.674. The van der Waals surface area contributed by atoms with Gasteiger partial charge in [-0.3, -0.25) is 4.90 Å². The van der Waals surface area contributed by atoms with Crippen LogP contribution in [0.15, 0.2) is 12.7 Å². The van der Waals surface area contributed by atoms with E-state index in [0.717, 1.165) is 4.90 Å². The van der Waals surface area contributed by atoms with E-state index in [1.165, 1.54) is 20.0 Å². The minimum Gasteiger partial charge on any atom is -0.479 e. The van der Waals surface area contributed by atoms with Gasteiger partial charge in [0.05, 0.1) is 0 Å². The number of likely N-dealkylation sites (N-methyl/N-ethyl adjacent to an activating group) is 1. The number of carbonyl (C=O) groups excluding carboxylic acids is 1. The Morgan fingerprint density at radius 3 is 1.84 bits per heavy atom. The number of hydrogen-bond donors (Lipinski definition) is 1. The highest BCUT2D eigenvalue weighted by molar-refractivity contribution is 5.85. The molecule has 0 aliphatic rings. The van der Waals surface area contributed by atoms with E-state index in [1.807, 2.05) is 0 Å². The Bertz CT molecular complexity index is 381. The van der Waals surface area contributed by atoms with E-state index >= 15 is 0 Å². The van der Waals surface area contributed by atoms with Crippen LogP contribution in [-0.2, 0) is 9.53 Å². The van der Waals surface area contributed by atoms with Gasteiger partial charge in [0.2, 0.25) is 0 Å². The number of ether oxygens (including phenoxy) is 1. The second kappa shape index (κ2) is 5.23. The predicted octanol–water partition coefficient (Wildman–Crippen LogP) is 2.91. The number of hydrogen-bond acceptors (Lipinski definition) is 3. The lowest BCUT2D eigenvalue weighted by atomic mass is 9.72. The van der Waals surface area contributed by atoms with Crippen LogP contribution in [0, 0.1) is 5.41 Å². The monoisotopic (exact) mass is 271 g/mol. The van der Waals surface area contributed by atoms with Crippen molar-refractivity contribution in [2.24, 2.45) is 5.41 Å². The van der Waals surface area contributed by atoms with Crippen molar-refractivity contribution in [3.63, 3.8) is 0 Å². The summed E-state index contributed by atoms with van der Waals surface area (Å²) in [6.45, 7) is 13.8. The van der Waals surface area contributed by atoms with Crippen LogP contribution in [0.25, 0.3) is 0 Å². The van der Waals surface area contributed by atoms with Gasteiger partial charge in [-0.2, -0.15) is 0 Å². The maximum atomic E-state index is 12.1. The van der Waals surface area contributed by atoms with Crippen molar-refractivity contribution < 1.29 is 19.4 Å². The van der Waals surface area contributed by atoms with Gasteiger partial charge in [-0.25, -0.2) is 9.59 Å². The van der Waals surface area contributed by atoms with Crippen molar-refractivity contribution in [2.45, 2.75) is 52.7 Å². The predicted molar refractivity (Wildman–Crippen MR) is 74.0 cm³/mol. The molecule has 110 valence electrons. The SMILES string of the molecule is C=CC(C)(C)C(C)(C(=O)O)N(C)C(=O)OC(C)(C)C. The lowest BCUT2D eigenvalue weighted by Gasteiger charge is -2.45. The van der Waals surface area contributed by atoms with Gasteiger partial charge in [0, 0.05) is 12.5 Å². The fraction of sp³-hybridized carbons (Fsp3) is 0.714. The van der Waals surface area contributed by atoms with Gasteiger partial charge < -0.3 is 9.84 Å². The number of amides is 1. The number of nitrogens with zero attached hydrogens (tertiary/aromatic N) is 1. The molecule has 0 aromatic heterocycles. The number of carboxylic acids is 1. The van der Waals surface area contributed by atoms with Gasteiger partial charge >= 0.3 is 12.1 Å². The number of carbonyl (C=O) groups is 2. The van der Waals surface area contributed by atoms with Crippen molar-refractivity contribution in [3.8, 4) is 0 Å². The molecule has 0 saturated heterocycles. The third kappa shape index (κ3) is 3.49. The zero-order valence-corrected chi connectivity index (χ0v) is 12.9. The molecule has 1 N–H and O–H groups in total. The first-order valence-electron chi connectivity index (χ1n) is 6.13. The van der Waals surface area contributed by atoms with E-state index in [-0.39, 0.29) is 0 Å². The van der Waals surface area contributed by atoms with Crippen LogP contribution in [0.4, 0.5) is 4.79 Å². The smallest absolute Gasteiger partial charge is 0.411 e. The van der Waals surface area contributed by atoms with Crippen LogP contribution in [0.3, 0.4) is 0 Å². The zero-order chi connectivity index (χ0) is 15.6. The molecule has 0 aromatic carbocycles. The van der Waals surface area contributed by atoms with Crippen LogP contribution in [0.5, 0.6) is 0 Å². The van der Waals surface area contributed by atoms with Crippen molar-refractivity contribution in [3.05, 3.63) is 12.7 Å². The Hall–Kier alpha value is -1.52. The van der Waals surface area contributed by atoms with Gasteiger partial charge in [-0.05, 0) is 27.7 Å². The third-order valence-corrected chi connectivity index (χ3v) is 3.52. The number of rotatable bonds is 4. The molecule has 0 saturated carbocycles. The maximum Gasteiger partial charge on any atom is 0.411 e. The van der Waals surface area contributed by atoms with E-state index in [1.54, 1.807) is 34.6 Å². The largest absolute Gasteiger partial charge is 0.479 e. The fourth-order valence-electron chi connectivity index (χ4n) is 1.56. The molecule has 0 aromatic rings. The Morgan fingerprint density at radius 1 is 1.16 bits per heavy atom. The third-order valence-electron chi connectivity index (χ3n) is 3.52. The number of aliphatic carboxylic acids is 1. The van der Waals surface area contributed by atoms with E-state index in [0.29, 0.717) is 0 Å². The average molecular weight is 271 g/mol. The zero-order valence-electron chi connectivity index (χ0n) is 12.9. The van der Waals surface area contributed by atoms with Crippen LogP contribution in [0.2, 0.25) is 0 Å². The summed E-state index contributed by atoms with van der Waals surface area (Å²) in [5, 5.41) is 9.52. The molecule has 0 rings (SSSR count). The summed E-state index contributed by atoms with van der Waals surface area (Å²) in [5.41, 5.74) is -2.94. The summed E-state index contributed by atoms with van der Waals surface area (Å²) in [4.78, 5) is 24.8.